The van der Waals surface area contributed by atoms with E-state index in [-0.39, 0.29) is 5.75 Å². The van der Waals surface area contributed by atoms with Gasteiger partial charge >= 0.3 is 6.36 Å². The lowest BCUT2D eigenvalue weighted by Gasteiger charge is -2.13. The highest BCUT2D eigenvalue weighted by Gasteiger charge is 2.31. The number of rotatable bonds is 3. The van der Waals surface area contributed by atoms with Crippen LogP contribution in [0.2, 0.25) is 0 Å². The Morgan fingerprint density at radius 3 is 2.45 bits per heavy atom. The van der Waals surface area contributed by atoms with Gasteiger partial charge in [-0.2, -0.15) is 0 Å². The Hall–Kier alpha value is -0.570. The van der Waals surface area contributed by atoms with Crippen LogP contribution in [0.4, 0.5) is 13.2 Å². The molecule has 0 saturated carbocycles. The molecule has 1 aromatic heterocycles. The smallest absolute Gasteiger partial charge is 0.406 e. The molecule has 1 N–H and O–H groups in total. The number of thiophene rings is 1. The first-order valence-corrected chi connectivity index (χ1v) is 7.65. The average molecular weight is 432 g/mol. The summed E-state index contributed by atoms with van der Waals surface area (Å²) in [5.74, 6) is -0.362. The van der Waals surface area contributed by atoms with Crippen molar-refractivity contribution in [3.63, 3.8) is 0 Å². The topological polar surface area (TPSA) is 29.5 Å². The van der Waals surface area contributed by atoms with Crippen molar-refractivity contribution < 1.29 is 23.0 Å². The Labute approximate surface area is 133 Å². The maximum absolute atomic E-state index is 12.2. The van der Waals surface area contributed by atoms with Gasteiger partial charge in [0.15, 0.2) is 0 Å². The van der Waals surface area contributed by atoms with Crippen LogP contribution in [0.15, 0.2) is 37.9 Å². The van der Waals surface area contributed by atoms with Crippen LogP contribution in [0.1, 0.15) is 17.2 Å². The molecule has 0 fully saturated rings. The molecule has 20 heavy (non-hydrogen) atoms. The number of halogens is 5. The van der Waals surface area contributed by atoms with E-state index in [1.165, 1.54) is 29.5 Å². The van der Waals surface area contributed by atoms with E-state index in [2.05, 4.69) is 36.6 Å². The summed E-state index contributed by atoms with van der Waals surface area (Å²) in [6, 6.07) is 6.98. The van der Waals surface area contributed by atoms with Crippen molar-refractivity contribution >= 4 is 43.2 Å². The molecule has 8 heteroatoms. The fraction of sp³-hybridized carbons (Fsp3) is 0.167. The zero-order chi connectivity index (χ0) is 14.9. The fourth-order valence-electron chi connectivity index (χ4n) is 1.60. The summed E-state index contributed by atoms with van der Waals surface area (Å²) in [7, 11) is 0. The molecule has 0 aliphatic heterocycles. The van der Waals surface area contributed by atoms with Gasteiger partial charge in [0.25, 0.3) is 0 Å². The zero-order valence-electron chi connectivity index (χ0n) is 9.62. The summed E-state index contributed by atoms with van der Waals surface area (Å²) in [6.07, 6.45) is -5.79. The van der Waals surface area contributed by atoms with Crippen LogP contribution in [0.5, 0.6) is 5.75 Å². The molecular weight excluding hydrogens is 425 g/mol. The van der Waals surface area contributed by atoms with Gasteiger partial charge in [-0.3, -0.25) is 0 Å². The molecule has 1 unspecified atom stereocenters. The van der Waals surface area contributed by atoms with Crippen LogP contribution >= 0.6 is 43.2 Å². The van der Waals surface area contributed by atoms with Crippen LogP contribution in [-0.4, -0.2) is 11.5 Å². The Bertz CT molecular complexity index is 613. The third-order valence-corrected chi connectivity index (χ3v) is 4.77. The van der Waals surface area contributed by atoms with Crippen molar-refractivity contribution in [3.05, 3.63) is 49.0 Å². The van der Waals surface area contributed by atoms with E-state index >= 15 is 0 Å². The van der Waals surface area contributed by atoms with Gasteiger partial charge < -0.3 is 9.84 Å². The number of hydrogen-bond donors (Lipinski definition) is 1. The van der Waals surface area contributed by atoms with Crippen LogP contribution in [0.25, 0.3) is 0 Å². The Morgan fingerprint density at radius 1 is 1.20 bits per heavy atom. The van der Waals surface area contributed by atoms with Gasteiger partial charge in [0, 0.05) is 5.56 Å². The summed E-state index contributed by atoms with van der Waals surface area (Å²) in [5.41, 5.74) is 0.892. The number of alkyl halides is 3. The molecule has 1 atom stereocenters. The average Bonchev–Trinajstić information content (AvgIpc) is 2.65. The van der Waals surface area contributed by atoms with E-state index in [1.54, 1.807) is 6.07 Å². The molecule has 0 bridgehead atoms. The predicted molar refractivity (Wildman–Crippen MR) is 76.9 cm³/mol. The number of aliphatic hydroxyl groups is 1. The largest absolute Gasteiger partial charge is 0.573 e. The van der Waals surface area contributed by atoms with Crippen molar-refractivity contribution in [2.24, 2.45) is 0 Å². The van der Waals surface area contributed by atoms with Crippen molar-refractivity contribution in [3.8, 4) is 5.75 Å². The molecule has 0 aliphatic rings. The van der Waals surface area contributed by atoms with Gasteiger partial charge in [-0.1, -0.05) is 12.1 Å². The second kappa shape index (κ2) is 6.05. The van der Waals surface area contributed by atoms with Gasteiger partial charge in [0.05, 0.1) is 7.57 Å². The summed E-state index contributed by atoms with van der Waals surface area (Å²) in [6.45, 7) is 0. The van der Waals surface area contributed by atoms with E-state index in [4.69, 9.17) is 0 Å². The van der Waals surface area contributed by atoms with E-state index < -0.39 is 12.5 Å². The first-order chi connectivity index (χ1) is 9.26. The van der Waals surface area contributed by atoms with Crippen molar-refractivity contribution in [2.75, 3.05) is 0 Å². The van der Waals surface area contributed by atoms with Crippen LogP contribution in [0.3, 0.4) is 0 Å². The molecule has 0 aliphatic carbocycles. The van der Waals surface area contributed by atoms with Crippen molar-refractivity contribution in [1.29, 1.82) is 0 Å². The Balaban J connectivity index is 2.29. The van der Waals surface area contributed by atoms with E-state index in [0.29, 0.717) is 14.9 Å². The van der Waals surface area contributed by atoms with Gasteiger partial charge in [-0.05, 0) is 55.6 Å². The molecular formula is C12H7Br2F3O2S. The predicted octanol–water partition coefficient (Wildman–Crippen LogP) is 5.25. The lowest BCUT2D eigenvalue weighted by molar-refractivity contribution is -0.274. The fourth-order valence-corrected chi connectivity index (χ4v) is 4.48. The maximum atomic E-state index is 12.2. The molecule has 1 heterocycles. The third kappa shape index (κ3) is 3.97. The van der Waals surface area contributed by atoms with Crippen LogP contribution in [-0.2, 0) is 0 Å². The number of aliphatic hydroxyl groups excluding tert-OH is 1. The molecule has 2 nitrogen and oxygen atoms in total. The standard InChI is InChI=1S/C12H7Br2F3O2S/c13-9-5-8(11(14)20-9)10(18)6-2-1-3-7(4-6)19-12(15,16)17/h1-5,10,18H. The minimum atomic E-state index is -4.75. The lowest BCUT2D eigenvalue weighted by atomic mass is 10.0. The minimum absolute atomic E-state index is 0.317. The normalized spacial score (nSPS) is 13.3. The Kier molecular flexibility index (Phi) is 4.78. The molecule has 108 valence electrons. The van der Waals surface area contributed by atoms with E-state index in [1.807, 2.05) is 0 Å². The summed E-state index contributed by atoms with van der Waals surface area (Å²) in [5, 5.41) is 10.2. The number of benzene rings is 1. The molecule has 0 radical (unpaired) electrons. The zero-order valence-corrected chi connectivity index (χ0v) is 13.6. The molecule has 2 rings (SSSR count). The summed E-state index contributed by atoms with van der Waals surface area (Å²) < 4.78 is 41.9. The van der Waals surface area contributed by atoms with Crippen LogP contribution < -0.4 is 4.74 Å². The third-order valence-electron chi connectivity index (χ3n) is 2.39. The van der Waals surface area contributed by atoms with Gasteiger partial charge in [-0.25, -0.2) is 0 Å². The second-order valence-corrected chi connectivity index (χ2v) is 7.55. The van der Waals surface area contributed by atoms with Gasteiger partial charge in [0.1, 0.15) is 11.9 Å². The summed E-state index contributed by atoms with van der Waals surface area (Å²) >= 11 is 7.95. The minimum Gasteiger partial charge on any atom is -0.406 e. The number of ether oxygens (including phenoxy) is 1. The second-order valence-electron chi connectivity index (χ2n) is 3.80. The monoisotopic (exact) mass is 430 g/mol. The van der Waals surface area contributed by atoms with E-state index in [0.717, 1.165) is 9.85 Å². The maximum Gasteiger partial charge on any atom is 0.573 e. The molecule has 0 amide bonds. The quantitative estimate of drug-likeness (QED) is 0.718. The van der Waals surface area contributed by atoms with Crippen molar-refractivity contribution in [2.45, 2.75) is 12.5 Å². The molecule has 0 spiro atoms. The number of hydrogen-bond acceptors (Lipinski definition) is 3. The highest BCUT2D eigenvalue weighted by atomic mass is 79.9. The van der Waals surface area contributed by atoms with Gasteiger partial charge in [-0.15, -0.1) is 24.5 Å². The lowest BCUT2D eigenvalue weighted by Crippen LogP contribution is -2.17. The molecule has 2 aromatic rings. The van der Waals surface area contributed by atoms with Gasteiger partial charge in [0.2, 0.25) is 0 Å². The summed E-state index contributed by atoms with van der Waals surface area (Å²) in [4.78, 5) is 0. The molecule has 1 aromatic carbocycles. The highest BCUT2D eigenvalue weighted by molar-refractivity contribution is 9.12. The first kappa shape index (κ1) is 15.8. The molecule has 0 saturated heterocycles. The SMILES string of the molecule is OC(c1cccc(OC(F)(F)F)c1)c1cc(Br)sc1Br. The van der Waals surface area contributed by atoms with E-state index in [9.17, 15) is 18.3 Å². The Morgan fingerprint density at radius 2 is 1.90 bits per heavy atom. The first-order valence-electron chi connectivity index (χ1n) is 5.25. The highest BCUT2D eigenvalue weighted by Crippen LogP contribution is 2.38. The van der Waals surface area contributed by atoms with Crippen molar-refractivity contribution in [1.82, 2.24) is 0 Å². The van der Waals surface area contributed by atoms with Crippen LogP contribution in [0, 0.1) is 0 Å².